The fraction of sp³-hybridized carbons (Fsp3) is 0. The van der Waals surface area contributed by atoms with Gasteiger partial charge in [-0.1, -0.05) is 146 Å². The molecule has 3 heteroatoms. The molecule has 0 aliphatic carbocycles. The van der Waals surface area contributed by atoms with E-state index in [1.807, 2.05) is 11.3 Å². The molecule has 0 N–H and O–H groups in total. The van der Waals surface area contributed by atoms with E-state index in [1.165, 1.54) is 114 Å². The van der Waals surface area contributed by atoms with Gasteiger partial charge in [0, 0.05) is 53.1 Å². The Labute approximate surface area is 368 Å². The smallest absolute Gasteiger partial charge is 0.0541 e. The molecule has 0 aliphatic heterocycles. The number of benzene rings is 10. The van der Waals surface area contributed by atoms with Gasteiger partial charge in [-0.2, -0.15) is 0 Å². The van der Waals surface area contributed by atoms with E-state index in [2.05, 4.69) is 240 Å². The molecule has 0 saturated heterocycles. The van der Waals surface area contributed by atoms with Gasteiger partial charge in [-0.25, -0.2) is 0 Å². The standard InChI is InChI=1S/C60H38N2S/c1-3-14-39(15-4-1)44-32-45(40-16-5-2-6-17-40)34-46(33-44)41-18-13-19-47(35-41)61-55-23-10-7-20-49(55)53-36-42(26-30-57(53)61)43-27-31-58-54(37-43)50-21-8-11-24-56(50)62(58)48-28-29-52-51-22-9-12-25-59(51)63-60(52)38-48/h1-38H. The zero-order chi connectivity index (χ0) is 41.4. The quantitative estimate of drug-likeness (QED) is 0.158. The van der Waals surface area contributed by atoms with Crippen LogP contribution in [0.25, 0.3) is 120 Å². The van der Waals surface area contributed by atoms with Gasteiger partial charge in [0.05, 0.1) is 22.1 Å². The zero-order valence-electron chi connectivity index (χ0n) is 34.2. The topological polar surface area (TPSA) is 9.86 Å². The second-order valence-electron chi connectivity index (χ2n) is 16.5. The van der Waals surface area contributed by atoms with Crippen LogP contribution in [0.4, 0.5) is 0 Å². The Morgan fingerprint density at radius 1 is 0.222 bits per heavy atom. The fourth-order valence-corrected chi connectivity index (χ4v) is 11.1. The van der Waals surface area contributed by atoms with Crippen molar-refractivity contribution in [1.82, 2.24) is 9.13 Å². The van der Waals surface area contributed by atoms with E-state index in [4.69, 9.17) is 0 Å². The van der Waals surface area contributed by atoms with Crippen LogP contribution in [0.1, 0.15) is 0 Å². The maximum Gasteiger partial charge on any atom is 0.0541 e. The van der Waals surface area contributed by atoms with Crippen LogP contribution in [0.15, 0.2) is 231 Å². The van der Waals surface area contributed by atoms with Crippen molar-refractivity contribution in [3.63, 3.8) is 0 Å². The first-order valence-corrected chi connectivity index (χ1v) is 22.4. The normalized spacial score (nSPS) is 11.8. The van der Waals surface area contributed by atoms with Gasteiger partial charge >= 0.3 is 0 Å². The van der Waals surface area contributed by atoms with Crippen molar-refractivity contribution in [2.45, 2.75) is 0 Å². The zero-order valence-corrected chi connectivity index (χ0v) is 35.1. The van der Waals surface area contributed by atoms with Crippen molar-refractivity contribution < 1.29 is 0 Å². The third-order valence-corrected chi connectivity index (χ3v) is 14.0. The summed E-state index contributed by atoms with van der Waals surface area (Å²) in [6.45, 7) is 0. The lowest BCUT2D eigenvalue weighted by molar-refractivity contribution is 1.18. The average Bonchev–Trinajstić information content (AvgIpc) is 4.01. The molecular formula is C60H38N2S. The first kappa shape index (κ1) is 35.7. The Bertz CT molecular complexity index is 3850. The van der Waals surface area contributed by atoms with Crippen molar-refractivity contribution in [3.8, 4) is 55.9 Å². The molecule has 63 heavy (non-hydrogen) atoms. The van der Waals surface area contributed by atoms with Crippen molar-refractivity contribution >= 4 is 75.1 Å². The van der Waals surface area contributed by atoms with Gasteiger partial charge < -0.3 is 9.13 Å². The molecule has 0 bridgehead atoms. The van der Waals surface area contributed by atoms with Gasteiger partial charge in [-0.15, -0.1) is 11.3 Å². The number of hydrogen-bond donors (Lipinski definition) is 0. The van der Waals surface area contributed by atoms with Crippen molar-refractivity contribution in [3.05, 3.63) is 231 Å². The molecule has 13 rings (SSSR count). The van der Waals surface area contributed by atoms with E-state index < -0.39 is 0 Å². The molecule has 0 unspecified atom stereocenters. The first-order chi connectivity index (χ1) is 31.2. The van der Waals surface area contributed by atoms with Gasteiger partial charge in [-0.05, 0) is 129 Å². The summed E-state index contributed by atoms with van der Waals surface area (Å²) in [7, 11) is 0. The highest BCUT2D eigenvalue weighted by atomic mass is 32.1. The minimum Gasteiger partial charge on any atom is -0.309 e. The second-order valence-corrected chi connectivity index (χ2v) is 17.6. The van der Waals surface area contributed by atoms with Crippen LogP contribution in [0, 0.1) is 0 Å². The van der Waals surface area contributed by atoms with E-state index >= 15 is 0 Å². The monoisotopic (exact) mass is 818 g/mol. The lowest BCUT2D eigenvalue weighted by Crippen LogP contribution is -1.94. The number of nitrogens with zero attached hydrogens (tertiary/aromatic N) is 2. The molecule has 10 aromatic carbocycles. The summed E-state index contributed by atoms with van der Waals surface area (Å²) in [5.74, 6) is 0. The molecule has 13 aromatic rings. The summed E-state index contributed by atoms with van der Waals surface area (Å²) in [5, 5.41) is 7.64. The first-order valence-electron chi connectivity index (χ1n) is 21.6. The SMILES string of the molecule is c1ccc(-c2cc(-c3ccccc3)cc(-c3cccc(-n4c5ccccc5c5cc(-c6ccc7c(c6)c6ccccc6n7-c6ccc7c(c6)sc6ccccc67)ccc54)c3)c2)cc1. The minimum atomic E-state index is 1.14. The molecule has 0 fully saturated rings. The predicted molar refractivity (Wildman–Crippen MR) is 270 cm³/mol. The summed E-state index contributed by atoms with van der Waals surface area (Å²) < 4.78 is 7.50. The van der Waals surface area contributed by atoms with Gasteiger partial charge in [0.2, 0.25) is 0 Å². The largest absolute Gasteiger partial charge is 0.309 e. The third kappa shape index (κ3) is 5.85. The molecule has 294 valence electrons. The van der Waals surface area contributed by atoms with Gasteiger partial charge in [-0.3, -0.25) is 0 Å². The Hall–Kier alpha value is -7.98. The average molecular weight is 819 g/mol. The van der Waals surface area contributed by atoms with E-state index in [-0.39, 0.29) is 0 Å². The molecule has 0 saturated carbocycles. The molecule has 0 amide bonds. The van der Waals surface area contributed by atoms with E-state index in [1.54, 1.807) is 0 Å². The maximum absolute atomic E-state index is 2.43. The molecular weight excluding hydrogens is 781 g/mol. The Kier molecular flexibility index (Phi) is 8.12. The van der Waals surface area contributed by atoms with Gasteiger partial charge in [0.15, 0.2) is 0 Å². The summed E-state index contributed by atoms with van der Waals surface area (Å²) in [5.41, 5.74) is 16.8. The summed E-state index contributed by atoms with van der Waals surface area (Å²) in [4.78, 5) is 0. The third-order valence-electron chi connectivity index (χ3n) is 12.9. The van der Waals surface area contributed by atoms with Crippen molar-refractivity contribution in [2.75, 3.05) is 0 Å². The number of aromatic nitrogens is 2. The predicted octanol–water partition coefficient (Wildman–Crippen LogP) is 16.9. The van der Waals surface area contributed by atoms with Gasteiger partial charge in [0.25, 0.3) is 0 Å². The summed E-state index contributed by atoms with van der Waals surface area (Å²) >= 11 is 1.87. The maximum atomic E-state index is 2.43. The van der Waals surface area contributed by atoms with Crippen molar-refractivity contribution in [2.24, 2.45) is 0 Å². The van der Waals surface area contributed by atoms with Crippen LogP contribution in [0.5, 0.6) is 0 Å². The van der Waals surface area contributed by atoms with Crippen LogP contribution < -0.4 is 0 Å². The molecule has 2 nitrogen and oxygen atoms in total. The number of fused-ring (bicyclic) bond motifs is 9. The molecule has 0 aliphatic rings. The van der Waals surface area contributed by atoms with E-state index in [0.29, 0.717) is 0 Å². The highest BCUT2D eigenvalue weighted by molar-refractivity contribution is 7.25. The molecule has 0 radical (unpaired) electrons. The number of hydrogen-bond acceptors (Lipinski definition) is 1. The fourth-order valence-electron chi connectivity index (χ4n) is 9.93. The Morgan fingerprint density at radius 3 is 1.27 bits per heavy atom. The van der Waals surface area contributed by atoms with Crippen LogP contribution in [0.3, 0.4) is 0 Å². The van der Waals surface area contributed by atoms with E-state index in [9.17, 15) is 0 Å². The molecule has 3 aromatic heterocycles. The lowest BCUT2D eigenvalue weighted by atomic mass is 9.93. The van der Waals surface area contributed by atoms with Gasteiger partial charge in [0.1, 0.15) is 0 Å². The Balaban J connectivity index is 0.927. The molecule has 0 atom stereocenters. The summed E-state index contributed by atoms with van der Waals surface area (Å²) in [6.07, 6.45) is 0. The van der Waals surface area contributed by atoms with Crippen LogP contribution in [-0.2, 0) is 0 Å². The highest BCUT2D eigenvalue weighted by Gasteiger charge is 2.18. The van der Waals surface area contributed by atoms with Crippen molar-refractivity contribution in [1.29, 1.82) is 0 Å². The second kappa shape index (κ2) is 14.3. The number of rotatable bonds is 6. The Morgan fingerprint density at radius 2 is 0.667 bits per heavy atom. The van der Waals surface area contributed by atoms with Crippen LogP contribution in [0.2, 0.25) is 0 Å². The van der Waals surface area contributed by atoms with Crippen LogP contribution in [-0.4, -0.2) is 9.13 Å². The molecule has 0 spiro atoms. The highest BCUT2D eigenvalue weighted by Crippen LogP contribution is 2.41. The number of thiophene rings is 1. The van der Waals surface area contributed by atoms with Crippen LogP contribution >= 0.6 is 11.3 Å². The van der Waals surface area contributed by atoms with E-state index in [0.717, 1.165) is 5.69 Å². The summed E-state index contributed by atoms with van der Waals surface area (Å²) in [6, 6.07) is 84.7. The molecule has 3 heterocycles. The number of para-hydroxylation sites is 2. The lowest BCUT2D eigenvalue weighted by Gasteiger charge is -2.14. The minimum absolute atomic E-state index is 1.14.